The molecule has 7 heteroatoms. The predicted molar refractivity (Wildman–Crippen MR) is 69.2 cm³/mol. The Kier molecular flexibility index (Phi) is 5.54. The van der Waals surface area contributed by atoms with Crippen LogP contribution >= 0.6 is 0 Å². The van der Waals surface area contributed by atoms with E-state index < -0.39 is 10.0 Å². The Bertz CT molecular complexity index is 470. The van der Waals surface area contributed by atoms with Gasteiger partial charge in [-0.05, 0) is 11.6 Å². The quantitative estimate of drug-likeness (QED) is 0.575. The topological polar surface area (TPSA) is 104 Å². The third-order valence-electron chi connectivity index (χ3n) is 2.49. The number of para-hydroxylation sites is 1. The molecule has 0 aromatic heterocycles. The predicted octanol–water partition coefficient (Wildman–Crippen LogP) is -0.615. The van der Waals surface area contributed by atoms with Gasteiger partial charge in [0.25, 0.3) is 0 Å². The summed E-state index contributed by atoms with van der Waals surface area (Å²) in [7, 11) is -3.59. The van der Waals surface area contributed by atoms with E-state index in [0.717, 1.165) is 4.31 Å². The first kappa shape index (κ1) is 14.9. The van der Waals surface area contributed by atoms with E-state index in [9.17, 15) is 8.42 Å². The van der Waals surface area contributed by atoms with Gasteiger partial charge in [-0.1, -0.05) is 18.2 Å². The average molecular weight is 274 g/mol. The summed E-state index contributed by atoms with van der Waals surface area (Å²) in [4.78, 5) is 0. The Morgan fingerprint density at radius 3 is 2.17 bits per heavy atom. The van der Waals surface area contributed by atoms with Crippen LogP contribution in [-0.2, 0) is 15.8 Å². The number of aliphatic hydroxyl groups excluding tert-OH is 2. The van der Waals surface area contributed by atoms with Crippen LogP contribution < -0.4 is 5.73 Å². The first-order chi connectivity index (χ1) is 8.51. The lowest BCUT2D eigenvalue weighted by atomic mass is 10.2. The zero-order valence-electron chi connectivity index (χ0n) is 9.99. The van der Waals surface area contributed by atoms with Crippen LogP contribution in [0.3, 0.4) is 0 Å². The number of rotatable bonds is 7. The molecule has 18 heavy (non-hydrogen) atoms. The smallest absolute Gasteiger partial charge is 0.218 e. The van der Waals surface area contributed by atoms with Crippen LogP contribution in [-0.4, -0.2) is 49.2 Å². The van der Waals surface area contributed by atoms with E-state index in [4.69, 9.17) is 15.9 Å². The molecule has 0 bridgehead atoms. The fraction of sp³-hybridized carbons (Fsp3) is 0.455. The van der Waals surface area contributed by atoms with Gasteiger partial charge in [0.05, 0.1) is 19.0 Å². The standard InChI is InChI=1S/C11H18N2O4S/c12-11-4-2-1-3-10(11)9-18(16,17)13(5-7-14)6-8-15/h1-4,14-15H,5-9,12H2. The van der Waals surface area contributed by atoms with E-state index in [1.54, 1.807) is 24.3 Å². The normalized spacial score (nSPS) is 11.9. The Morgan fingerprint density at radius 1 is 1.11 bits per heavy atom. The fourth-order valence-corrected chi connectivity index (χ4v) is 3.12. The van der Waals surface area contributed by atoms with Crippen molar-refractivity contribution >= 4 is 15.7 Å². The molecule has 0 unspecified atom stereocenters. The Morgan fingerprint density at radius 2 is 1.67 bits per heavy atom. The van der Waals surface area contributed by atoms with Crippen molar-refractivity contribution in [2.45, 2.75) is 5.75 Å². The van der Waals surface area contributed by atoms with Crippen molar-refractivity contribution in [1.29, 1.82) is 0 Å². The number of nitrogens with zero attached hydrogens (tertiary/aromatic N) is 1. The summed E-state index contributed by atoms with van der Waals surface area (Å²) in [5.41, 5.74) is 6.62. The highest BCUT2D eigenvalue weighted by Crippen LogP contribution is 2.16. The third kappa shape index (κ3) is 3.95. The summed E-state index contributed by atoms with van der Waals surface area (Å²) in [5.74, 6) is -0.236. The highest BCUT2D eigenvalue weighted by Gasteiger charge is 2.22. The SMILES string of the molecule is Nc1ccccc1CS(=O)(=O)N(CCO)CCO. The zero-order chi connectivity index (χ0) is 13.6. The van der Waals surface area contributed by atoms with Crippen molar-refractivity contribution in [3.63, 3.8) is 0 Å². The number of nitrogens with two attached hydrogens (primary N) is 1. The van der Waals surface area contributed by atoms with Crippen molar-refractivity contribution in [3.05, 3.63) is 29.8 Å². The second-order valence-corrected chi connectivity index (χ2v) is 5.77. The van der Waals surface area contributed by atoms with Crippen molar-refractivity contribution in [3.8, 4) is 0 Å². The molecule has 6 nitrogen and oxygen atoms in total. The van der Waals surface area contributed by atoms with Gasteiger partial charge in [0.15, 0.2) is 0 Å². The molecule has 0 radical (unpaired) electrons. The van der Waals surface area contributed by atoms with E-state index >= 15 is 0 Å². The molecule has 0 aliphatic rings. The van der Waals surface area contributed by atoms with Crippen LogP contribution in [0.4, 0.5) is 5.69 Å². The summed E-state index contributed by atoms with van der Waals surface area (Å²) in [6.07, 6.45) is 0. The van der Waals surface area contributed by atoms with Crippen LogP contribution in [0, 0.1) is 0 Å². The highest BCUT2D eigenvalue weighted by molar-refractivity contribution is 7.88. The first-order valence-electron chi connectivity index (χ1n) is 5.54. The summed E-state index contributed by atoms with van der Waals surface area (Å²) >= 11 is 0. The highest BCUT2D eigenvalue weighted by atomic mass is 32.2. The fourth-order valence-electron chi connectivity index (χ4n) is 1.57. The molecule has 0 aliphatic heterocycles. The molecule has 0 amide bonds. The molecule has 0 aliphatic carbocycles. The molecule has 4 N–H and O–H groups in total. The molecular formula is C11H18N2O4S. The first-order valence-corrected chi connectivity index (χ1v) is 7.15. The second-order valence-electron chi connectivity index (χ2n) is 3.80. The molecule has 0 saturated carbocycles. The van der Waals surface area contributed by atoms with Gasteiger partial charge in [0.1, 0.15) is 0 Å². The van der Waals surface area contributed by atoms with Crippen molar-refractivity contribution in [2.24, 2.45) is 0 Å². The molecule has 0 saturated heterocycles. The van der Waals surface area contributed by atoms with Crippen molar-refractivity contribution in [2.75, 3.05) is 32.0 Å². The van der Waals surface area contributed by atoms with Gasteiger partial charge in [-0.15, -0.1) is 0 Å². The number of benzene rings is 1. The number of anilines is 1. The monoisotopic (exact) mass is 274 g/mol. The number of hydrogen-bond acceptors (Lipinski definition) is 5. The maximum atomic E-state index is 12.1. The Hall–Kier alpha value is -1.15. The second kappa shape index (κ2) is 6.69. The van der Waals surface area contributed by atoms with Crippen molar-refractivity contribution in [1.82, 2.24) is 4.31 Å². The number of hydrogen-bond donors (Lipinski definition) is 3. The molecule has 1 aromatic carbocycles. The minimum atomic E-state index is -3.59. The zero-order valence-corrected chi connectivity index (χ0v) is 10.8. The molecular weight excluding hydrogens is 256 g/mol. The lowest BCUT2D eigenvalue weighted by Crippen LogP contribution is -2.36. The largest absolute Gasteiger partial charge is 0.398 e. The van der Waals surface area contributed by atoms with Gasteiger partial charge >= 0.3 is 0 Å². The Labute approximate surface area is 107 Å². The lowest BCUT2D eigenvalue weighted by molar-refractivity contribution is 0.217. The van der Waals surface area contributed by atoms with Crippen LogP contribution in [0.15, 0.2) is 24.3 Å². The molecule has 1 rings (SSSR count). The van der Waals surface area contributed by atoms with Gasteiger partial charge in [-0.25, -0.2) is 8.42 Å². The van der Waals surface area contributed by atoms with Gasteiger partial charge in [-0.3, -0.25) is 0 Å². The van der Waals surface area contributed by atoms with Crippen LogP contribution in [0.5, 0.6) is 0 Å². The molecule has 0 fully saturated rings. The summed E-state index contributed by atoms with van der Waals surface area (Å²) in [5, 5.41) is 17.7. The maximum absolute atomic E-state index is 12.1. The number of aliphatic hydroxyl groups is 2. The van der Waals surface area contributed by atoms with E-state index in [0.29, 0.717) is 11.3 Å². The van der Waals surface area contributed by atoms with E-state index in [1.807, 2.05) is 0 Å². The van der Waals surface area contributed by atoms with E-state index in [-0.39, 0.29) is 32.1 Å². The number of sulfonamides is 1. The minimum Gasteiger partial charge on any atom is -0.398 e. The van der Waals surface area contributed by atoms with Gasteiger partial charge in [0.2, 0.25) is 10.0 Å². The molecule has 0 heterocycles. The summed E-state index contributed by atoms with van der Waals surface area (Å²) < 4.78 is 25.2. The summed E-state index contributed by atoms with van der Waals surface area (Å²) in [6.45, 7) is -0.641. The average Bonchev–Trinajstić information content (AvgIpc) is 2.32. The third-order valence-corrected chi connectivity index (χ3v) is 4.31. The van der Waals surface area contributed by atoms with Crippen molar-refractivity contribution < 1.29 is 18.6 Å². The molecule has 102 valence electrons. The lowest BCUT2D eigenvalue weighted by Gasteiger charge is -2.20. The van der Waals surface area contributed by atoms with Gasteiger partial charge in [-0.2, -0.15) is 4.31 Å². The van der Waals surface area contributed by atoms with Crippen LogP contribution in [0.2, 0.25) is 0 Å². The minimum absolute atomic E-state index is 0.0321. The van der Waals surface area contributed by atoms with Gasteiger partial charge < -0.3 is 15.9 Å². The number of nitrogen functional groups attached to an aromatic ring is 1. The summed E-state index contributed by atoms with van der Waals surface area (Å²) in [6, 6.07) is 6.71. The molecule has 1 aromatic rings. The Balaban J connectivity index is 2.89. The van der Waals surface area contributed by atoms with Crippen LogP contribution in [0.1, 0.15) is 5.56 Å². The van der Waals surface area contributed by atoms with E-state index in [1.165, 1.54) is 0 Å². The van der Waals surface area contributed by atoms with Crippen LogP contribution in [0.25, 0.3) is 0 Å². The molecule has 0 atom stereocenters. The molecule has 0 spiro atoms. The van der Waals surface area contributed by atoms with E-state index in [2.05, 4.69) is 0 Å². The maximum Gasteiger partial charge on any atom is 0.218 e. The van der Waals surface area contributed by atoms with Gasteiger partial charge in [0, 0.05) is 18.8 Å².